The molecule has 2 aromatic rings. The van der Waals surface area contributed by atoms with Crippen LogP contribution in [0, 0.1) is 0 Å². The highest BCUT2D eigenvalue weighted by molar-refractivity contribution is 6.02. The molecule has 1 aromatic heterocycles. The van der Waals surface area contributed by atoms with E-state index in [4.69, 9.17) is 10.5 Å². The van der Waals surface area contributed by atoms with Crippen LogP contribution in [0.15, 0.2) is 42.7 Å². The third-order valence-electron chi connectivity index (χ3n) is 3.14. The number of benzene rings is 1. The summed E-state index contributed by atoms with van der Waals surface area (Å²) in [4.78, 5) is 16.4. The number of anilines is 1. The SMILES string of the molecule is CCOc1cccc(N)c1C(=O)NC(C)c1ccncc1. The Labute approximate surface area is 124 Å². The van der Waals surface area contributed by atoms with Crippen molar-refractivity contribution < 1.29 is 9.53 Å². The number of carbonyl (C=O) groups excluding carboxylic acids is 1. The van der Waals surface area contributed by atoms with E-state index in [1.165, 1.54) is 0 Å². The highest BCUT2D eigenvalue weighted by atomic mass is 16.5. The van der Waals surface area contributed by atoms with Crippen LogP contribution in [0.4, 0.5) is 5.69 Å². The first kappa shape index (κ1) is 14.8. The summed E-state index contributed by atoms with van der Waals surface area (Å²) >= 11 is 0. The molecule has 21 heavy (non-hydrogen) atoms. The second kappa shape index (κ2) is 6.74. The average Bonchev–Trinajstić information content (AvgIpc) is 2.48. The normalized spacial score (nSPS) is 11.7. The van der Waals surface area contributed by atoms with Gasteiger partial charge in [0.15, 0.2) is 0 Å². The maximum Gasteiger partial charge on any atom is 0.257 e. The van der Waals surface area contributed by atoms with Gasteiger partial charge in [-0.05, 0) is 43.7 Å². The fraction of sp³-hybridized carbons (Fsp3) is 0.250. The molecule has 0 saturated carbocycles. The number of amides is 1. The van der Waals surface area contributed by atoms with Crippen LogP contribution in [-0.2, 0) is 0 Å². The van der Waals surface area contributed by atoms with Gasteiger partial charge in [-0.15, -0.1) is 0 Å². The molecule has 0 aliphatic heterocycles. The molecular formula is C16H19N3O2. The first-order valence-corrected chi connectivity index (χ1v) is 6.85. The Balaban J connectivity index is 2.21. The Morgan fingerprint density at radius 3 is 2.71 bits per heavy atom. The molecule has 0 spiro atoms. The Kier molecular flexibility index (Phi) is 4.77. The van der Waals surface area contributed by atoms with E-state index in [0.29, 0.717) is 23.6 Å². The number of hydrogen-bond acceptors (Lipinski definition) is 4. The molecule has 1 unspecified atom stereocenters. The minimum Gasteiger partial charge on any atom is -0.493 e. The number of rotatable bonds is 5. The molecule has 1 atom stereocenters. The van der Waals surface area contributed by atoms with E-state index in [0.717, 1.165) is 5.56 Å². The van der Waals surface area contributed by atoms with Crippen molar-refractivity contribution in [2.75, 3.05) is 12.3 Å². The van der Waals surface area contributed by atoms with Crippen molar-refractivity contribution in [1.82, 2.24) is 10.3 Å². The second-order valence-electron chi connectivity index (χ2n) is 4.63. The zero-order valence-corrected chi connectivity index (χ0v) is 12.2. The first-order valence-electron chi connectivity index (χ1n) is 6.85. The number of ether oxygens (including phenoxy) is 1. The van der Waals surface area contributed by atoms with Gasteiger partial charge in [-0.25, -0.2) is 0 Å². The zero-order valence-electron chi connectivity index (χ0n) is 12.2. The maximum absolute atomic E-state index is 12.5. The summed E-state index contributed by atoms with van der Waals surface area (Å²) in [6, 6.07) is 8.78. The molecule has 5 heteroatoms. The van der Waals surface area contributed by atoms with Crippen molar-refractivity contribution in [3.8, 4) is 5.75 Å². The van der Waals surface area contributed by atoms with Crippen LogP contribution in [0.3, 0.4) is 0 Å². The van der Waals surface area contributed by atoms with Gasteiger partial charge < -0.3 is 15.8 Å². The smallest absolute Gasteiger partial charge is 0.257 e. The lowest BCUT2D eigenvalue weighted by Gasteiger charge is -2.17. The van der Waals surface area contributed by atoms with Crippen molar-refractivity contribution in [2.24, 2.45) is 0 Å². The van der Waals surface area contributed by atoms with E-state index in [-0.39, 0.29) is 11.9 Å². The summed E-state index contributed by atoms with van der Waals surface area (Å²) in [6.07, 6.45) is 3.39. The Bertz CT molecular complexity index is 614. The van der Waals surface area contributed by atoms with Crippen LogP contribution < -0.4 is 15.8 Å². The van der Waals surface area contributed by atoms with Gasteiger partial charge in [0.05, 0.1) is 12.6 Å². The van der Waals surface area contributed by atoms with Crippen molar-refractivity contribution in [3.05, 3.63) is 53.9 Å². The number of carbonyl (C=O) groups is 1. The van der Waals surface area contributed by atoms with E-state index in [1.54, 1.807) is 30.6 Å². The van der Waals surface area contributed by atoms with Crippen molar-refractivity contribution in [3.63, 3.8) is 0 Å². The van der Waals surface area contributed by atoms with Gasteiger partial charge in [-0.3, -0.25) is 9.78 Å². The molecular weight excluding hydrogens is 266 g/mol. The highest BCUT2D eigenvalue weighted by Gasteiger charge is 2.18. The van der Waals surface area contributed by atoms with E-state index >= 15 is 0 Å². The van der Waals surface area contributed by atoms with E-state index in [2.05, 4.69) is 10.3 Å². The highest BCUT2D eigenvalue weighted by Crippen LogP contribution is 2.25. The van der Waals surface area contributed by atoms with Crippen LogP contribution >= 0.6 is 0 Å². The van der Waals surface area contributed by atoms with Crippen LogP contribution in [0.2, 0.25) is 0 Å². The third kappa shape index (κ3) is 3.51. The fourth-order valence-electron chi connectivity index (χ4n) is 2.07. The molecule has 0 aliphatic carbocycles. The van der Waals surface area contributed by atoms with Crippen molar-refractivity contribution in [1.29, 1.82) is 0 Å². The number of nitrogen functional groups attached to an aromatic ring is 1. The standard InChI is InChI=1S/C16H19N3O2/c1-3-21-14-6-4-5-13(17)15(14)16(20)19-11(2)12-7-9-18-10-8-12/h4-11H,3,17H2,1-2H3,(H,19,20). The minimum absolute atomic E-state index is 0.144. The van der Waals surface area contributed by atoms with Crippen LogP contribution in [0.25, 0.3) is 0 Å². The predicted octanol–water partition coefficient (Wildman–Crippen LogP) is 2.55. The summed E-state index contributed by atoms with van der Waals surface area (Å²) in [5.74, 6) is 0.248. The van der Waals surface area contributed by atoms with Gasteiger partial charge in [-0.1, -0.05) is 6.07 Å². The summed E-state index contributed by atoms with van der Waals surface area (Å²) in [5.41, 5.74) is 7.67. The van der Waals surface area contributed by atoms with Crippen LogP contribution in [0.5, 0.6) is 5.75 Å². The lowest BCUT2D eigenvalue weighted by Crippen LogP contribution is -2.28. The largest absolute Gasteiger partial charge is 0.493 e. The maximum atomic E-state index is 12.5. The monoisotopic (exact) mass is 285 g/mol. The summed E-state index contributed by atoms with van der Waals surface area (Å²) in [6.45, 7) is 4.25. The van der Waals surface area contributed by atoms with Crippen molar-refractivity contribution >= 4 is 11.6 Å². The molecule has 0 fully saturated rings. The lowest BCUT2D eigenvalue weighted by molar-refractivity contribution is 0.0937. The van der Waals surface area contributed by atoms with E-state index in [9.17, 15) is 4.79 Å². The molecule has 0 aliphatic rings. The molecule has 3 N–H and O–H groups in total. The molecule has 2 rings (SSSR count). The lowest BCUT2D eigenvalue weighted by atomic mass is 10.1. The number of aromatic nitrogens is 1. The third-order valence-corrected chi connectivity index (χ3v) is 3.14. The molecule has 1 aromatic carbocycles. The molecule has 110 valence electrons. The molecule has 5 nitrogen and oxygen atoms in total. The van der Waals surface area contributed by atoms with Gasteiger partial charge in [0.1, 0.15) is 11.3 Å². The van der Waals surface area contributed by atoms with E-state index in [1.807, 2.05) is 26.0 Å². The van der Waals surface area contributed by atoms with Gasteiger partial charge >= 0.3 is 0 Å². The number of pyridine rings is 1. The second-order valence-corrected chi connectivity index (χ2v) is 4.63. The number of nitrogens with zero attached hydrogens (tertiary/aromatic N) is 1. The molecule has 0 bridgehead atoms. The Morgan fingerprint density at radius 1 is 1.33 bits per heavy atom. The van der Waals surface area contributed by atoms with Crippen molar-refractivity contribution in [2.45, 2.75) is 19.9 Å². The van der Waals surface area contributed by atoms with Gasteiger partial charge in [0, 0.05) is 18.1 Å². The first-order chi connectivity index (χ1) is 10.1. The molecule has 1 heterocycles. The Morgan fingerprint density at radius 2 is 2.05 bits per heavy atom. The van der Waals surface area contributed by atoms with Gasteiger partial charge in [0.2, 0.25) is 0 Å². The quantitative estimate of drug-likeness (QED) is 0.828. The van der Waals surface area contributed by atoms with Gasteiger partial charge in [-0.2, -0.15) is 0 Å². The summed E-state index contributed by atoms with van der Waals surface area (Å²) < 4.78 is 5.48. The number of nitrogens with two attached hydrogens (primary N) is 1. The van der Waals surface area contributed by atoms with Gasteiger partial charge in [0.25, 0.3) is 5.91 Å². The molecule has 1 amide bonds. The number of nitrogens with one attached hydrogen (secondary N) is 1. The van der Waals surface area contributed by atoms with Crippen LogP contribution in [-0.4, -0.2) is 17.5 Å². The Hall–Kier alpha value is -2.56. The molecule has 0 radical (unpaired) electrons. The zero-order chi connectivity index (χ0) is 15.2. The number of hydrogen-bond donors (Lipinski definition) is 2. The summed E-state index contributed by atoms with van der Waals surface area (Å²) in [5, 5.41) is 2.93. The summed E-state index contributed by atoms with van der Waals surface area (Å²) in [7, 11) is 0. The molecule has 0 saturated heterocycles. The van der Waals surface area contributed by atoms with Crippen LogP contribution in [0.1, 0.15) is 35.8 Å². The fourth-order valence-corrected chi connectivity index (χ4v) is 2.07. The topological polar surface area (TPSA) is 77.2 Å². The predicted molar refractivity (Wildman–Crippen MR) is 82.1 cm³/mol. The minimum atomic E-state index is -0.249. The average molecular weight is 285 g/mol. The van der Waals surface area contributed by atoms with E-state index < -0.39 is 0 Å².